The number of H-pyrrole nitrogens is 1. The Morgan fingerprint density at radius 1 is 0.757 bits per heavy atom. The van der Waals surface area contributed by atoms with E-state index in [1.165, 1.54) is 0 Å². The van der Waals surface area contributed by atoms with Crippen molar-refractivity contribution in [3.05, 3.63) is 121 Å². The first kappa shape index (κ1) is 21.3. The summed E-state index contributed by atoms with van der Waals surface area (Å²) in [5, 5.41) is 2.22. The Bertz CT molecular complexity index is 1950. The highest BCUT2D eigenvalue weighted by atomic mass is 16.1. The number of fused-ring (bicyclic) bond motifs is 4. The van der Waals surface area contributed by atoms with Gasteiger partial charge in [0.2, 0.25) is 0 Å². The minimum Gasteiger partial charge on any atom is -0.338 e. The van der Waals surface area contributed by atoms with Crippen LogP contribution in [0.5, 0.6) is 0 Å². The molecule has 0 aliphatic carbocycles. The van der Waals surface area contributed by atoms with Crippen LogP contribution >= 0.6 is 0 Å². The molecule has 0 amide bonds. The van der Waals surface area contributed by atoms with Crippen LogP contribution < -0.4 is 0 Å². The third kappa shape index (κ3) is 3.30. The van der Waals surface area contributed by atoms with Gasteiger partial charge in [-0.3, -0.25) is 4.79 Å². The number of imidazole rings is 1. The number of aromatic nitrogens is 3. The zero-order valence-electron chi connectivity index (χ0n) is 20.3. The van der Waals surface area contributed by atoms with E-state index < -0.39 is 0 Å². The molecule has 0 aliphatic heterocycles. The van der Waals surface area contributed by atoms with E-state index in [1.807, 2.05) is 48.5 Å². The van der Waals surface area contributed by atoms with Crippen molar-refractivity contribution in [1.29, 1.82) is 0 Å². The molecule has 0 fully saturated rings. The average Bonchev–Trinajstić information content (AvgIpc) is 3.52. The van der Waals surface area contributed by atoms with E-state index in [-0.39, 0.29) is 5.78 Å². The number of hydrogen-bond acceptors (Lipinski definition) is 2. The Morgan fingerprint density at radius 3 is 2.22 bits per heavy atom. The van der Waals surface area contributed by atoms with Crippen LogP contribution in [0.2, 0.25) is 0 Å². The smallest absolute Gasteiger partial charge is 0.160 e. The number of benzene rings is 5. The molecular weight excluding hydrogens is 454 g/mol. The van der Waals surface area contributed by atoms with Gasteiger partial charge in [-0.25, -0.2) is 4.98 Å². The minimum atomic E-state index is 0.0337. The fourth-order valence-electron chi connectivity index (χ4n) is 5.45. The number of Topliss-reactive ketones (excluding diaryl/α,β-unsaturated/α-hetero) is 1. The van der Waals surface area contributed by atoms with E-state index in [2.05, 4.69) is 76.3 Å². The summed E-state index contributed by atoms with van der Waals surface area (Å²) in [5.74, 6) is 0.840. The molecule has 7 aromatic rings. The van der Waals surface area contributed by atoms with E-state index in [0.29, 0.717) is 5.56 Å². The number of para-hydroxylation sites is 2. The van der Waals surface area contributed by atoms with Gasteiger partial charge in [0.05, 0.1) is 22.1 Å². The molecule has 4 nitrogen and oxygen atoms in total. The number of aromatic amines is 1. The SMILES string of the molecule is CC(=O)c1ccccc1-c1c2nc(-c3ccccc3)[nH]c2cc2c1c1ccccc1n2-c1ccccc1. The largest absolute Gasteiger partial charge is 0.338 e. The van der Waals surface area contributed by atoms with Gasteiger partial charge in [0, 0.05) is 33.2 Å². The molecule has 0 saturated carbocycles. The molecule has 0 bridgehead atoms. The van der Waals surface area contributed by atoms with Gasteiger partial charge in [-0.05, 0) is 36.8 Å². The molecule has 0 spiro atoms. The van der Waals surface area contributed by atoms with Crippen LogP contribution in [0, 0.1) is 0 Å². The van der Waals surface area contributed by atoms with Crippen molar-refractivity contribution in [2.45, 2.75) is 6.92 Å². The predicted octanol–water partition coefficient (Wildman–Crippen LogP) is 8.20. The van der Waals surface area contributed by atoms with Crippen molar-refractivity contribution in [2.75, 3.05) is 0 Å². The quantitative estimate of drug-likeness (QED) is 0.260. The first-order chi connectivity index (χ1) is 18.2. The van der Waals surface area contributed by atoms with Gasteiger partial charge in [0.1, 0.15) is 5.82 Å². The lowest BCUT2D eigenvalue weighted by atomic mass is 9.92. The first-order valence-corrected chi connectivity index (χ1v) is 12.4. The molecule has 4 heteroatoms. The van der Waals surface area contributed by atoms with Crippen LogP contribution in [-0.2, 0) is 0 Å². The van der Waals surface area contributed by atoms with Crippen molar-refractivity contribution < 1.29 is 4.79 Å². The minimum absolute atomic E-state index is 0.0337. The van der Waals surface area contributed by atoms with E-state index in [4.69, 9.17) is 4.98 Å². The number of nitrogens with zero attached hydrogens (tertiary/aromatic N) is 2. The molecule has 0 unspecified atom stereocenters. The number of hydrogen-bond donors (Lipinski definition) is 1. The van der Waals surface area contributed by atoms with Crippen LogP contribution in [0.25, 0.3) is 61.0 Å². The summed E-state index contributed by atoms with van der Waals surface area (Å²) in [7, 11) is 0. The normalized spacial score (nSPS) is 11.5. The fourth-order valence-corrected chi connectivity index (χ4v) is 5.45. The van der Waals surface area contributed by atoms with Gasteiger partial charge < -0.3 is 9.55 Å². The molecule has 2 heterocycles. The average molecular weight is 478 g/mol. The predicted molar refractivity (Wildman–Crippen MR) is 151 cm³/mol. The van der Waals surface area contributed by atoms with Gasteiger partial charge in [0.15, 0.2) is 5.78 Å². The summed E-state index contributed by atoms with van der Waals surface area (Å²) in [6.07, 6.45) is 0. The van der Waals surface area contributed by atoms with Crippen LogP contribution in [0.1, 0.15) is 17.3 Å². The Morgan fingerprint density at radius 2 is 1.43 bits per heavy atom. The second-order valence-electron chi connectivity index (χ2n) is 9.28. The van der Waals surface area contributed by atoms with Crippen molar-refractivity contribution in [1.82, 2.24) is 14.5 Å². The molecule has 2 aromatic heterocycles. The second kappa shape index (κ2) is 8.32. The number of carbonyl (C=O) groups is 1. The highest BCUT2D eigenvalue weighted by Gasteiger charge is 2.23. The molecular formula is C33H23N3O. The van der Waals surface area contributed by atoms with E-state index in [9.17, 15) is 4.79 Å². The van der Waals surface area contributed by atoms with Gasteiger partial charge >= 0.3 is 0 Å². The molecule has 0 aliphatic rings. The summed E-state index contributed by atoms with van der Waals surface area (Å²) in [6.45, 7) is 1.63. The van der Waals surface area contributed by atoms with Crippen LogP contribution in [-0.4, -0.2) is 20.3 Å². The highest BCUT2D eigenvalue weighted by molar-refractivity contribution is 6.23. The maximum atomic E-state index is 12.8. The molecule has 0 saturated heterocycles. The Balaban J connectivity index is 1.70. The zero-order chi connectivity index (χ0) is 24.9. The number of ketones is 1. The van der Waals surface area contributed by atoms with E-state index in [1.54, 1.807) is 6.92 Å². The lowest BCUT2D eigenvalue weighted by Crippen LogP contribution is -1.97. The van der Waals surface area contributed by atoms with Crippen molar-refractivity contribution in [2.24, 2.45) is 0 Å². The molecule has 7 rings (SSSR count). The Kier molecular flexibility index (Phi) is 4.79. The monoisotopic (exact) mass is 477 g/mol. The topological polar surface area (TPSA) is 50.7 Å². The lowest BCUT2D eigenvalue weighted by Gasteiger charge is -2.12. The summed E-state index contributed by atoms with van der Waals surface area (Å²) in [6, 6.07) is 39.1. The molecule has 37 heavy (non-hydrogen) atoms. The summed E-state index contributed by atoms with van der Waals surface area (Å²) >= 11 is 0. The van der Waals surface area contributed by atoms with Crippen molar-refractivity contribution in [3.8, 4) is 28.2 Å². The third-order valence-corrected chi connectivity index (χ3v) is 7.05. The van der Waals surface area contributed by atoms with Gasteiger partial charge in [-0.1, -0.05) is 91.0 Å². The maximum absolute atomic E-state index is 12.8. The van der Waals surface area contributed by atoms with Crippen molar-refractivity contribution >= 4 is 38.6 Å². The van der Waals surface area contributed by atoms with Gasteiger partial charge in [-0.15, -0.1) is 0 Å². The zero-order valence-corrected chi connectivity index (χ0v) is 20.3. The molecule has 0 atom stereocenters. The summed E-state index contributed by atoms with van der Waals surface area (Å²) in [5.41, 5.74) is 8.63. The number of rotatable bonds is 4. The number of nitrogens with one attached hydrogen (secondary N) is 1. The fraction of sp³-hybridized carbons (Fsp3) is 0.0303. The van der Waals surface area contributed by atoms with Crippen molar-refractivity contribution in [3.63, 3.8) is 0 Å². The summed E-state index contributed by atoms with van der Waals surface area (Å²) < 4.78 is 2.30. The van der Waals surface area contributed by atoms with E-state index >= 15 is 0 Å². The van der Waals surface area contributed by atoms with Crippen LogP contribution in [0.4, 0.5) is 0 Å². The third-order valence-electron chi connectivity index (χ3n) is 7.05. The standard InChI is InChI=1S/C33H23N3O/c1-21(37)24-16-8-9-17-25(24)31-30-26-18-10-11-19-28(26)36(23-14-6-3-7-15-23)29(30)20-27-32(31)35-33(34-27)22-12-4-2-5-13-22/h2-20H,1H3,(H,34,35). The Hall–Kier alpha value is -4.96. The van der Waals surface area contributed by atoms with Crippen LogP contribution in [0.3, 0.4) is 0 Å². The van der Waals surface area contributed by atoms with E-state index in [0.717, 1.165) is 61.0 Å². The van der Waals surface area contributed by atoms with Crippen LogP contribution in [0.15, 0.2) is 115 Å². The number of carbonyl (C=O) groups excluding carboxylic acids is 1. The van der Waals surface area contributed by atoms with Gasteiger partial charge in [-0.2, -0.15) is 0 Å². The summed E-state index contributed by atoms with van der Waals surface area (Å²) in [4.78, 5) is 21.5. The molecule has 0 radical (unpaired) electrons. The maximum Gasteiger partial charge on any atom is 0.160 e. The molecule has 176 valence electrons. The second-order valence-corrected chi connectivity index (χ2v) is 9.28. The molecule has 1 N–H and O–H groups in total. The Labute approximate surface area is 213 Å². The molecule has 5 aromatic carbocycles. The lowest BCUT2D eigenvalue weighted by molar-refractivity contribution is 0.101. The first-order valence-electron chi connectivity index (χ1n) is 12.4. The highest BCUT2D eigenvalue weighted by Crippen LogP contribution is 2.43. The van der Waals surface area contributed by atoms with Gasteiger partial charge in [0.25, 0.3) is 0 Å².